The third-order valence-corrected chi connectivity index (χ3v) is 4.07. The number of aliphatic hydroxyl groups is 1. The predicted molar refractivity (Wildman–Crippen MR) is 96.9 cm³/mol. The van der Waals surface area contributed by atoms with E-state index in [9.17, 15) is 14.7 Å². The number of nitrogens with zero attached hydrogens (tertiary/aromatic N) is 1. The standard InChI is InChI=1S/C18H36N2O4.Na.H/c1-3-4-5-6-7-8-9-10-11-12-17(22)20(16(2)21)14-13-19-15-18(23)24;;/h16,19,21H,3-15H2,1-2H3,(H,23,24);;/q;+1;-1. The van der Waals surface area contributed by atoms with Crippen molar-refractivity contribution in [1.29, 1.82) is 0 Å². The van der Waals surface area contributed by atoms with Crippen LogP contribution >= 0.6 is 0 Å². The Bertz CT molecular complexity index is 347. The van der Waals surface area contributed by atoms with Crippen LogP contribution in [0.5, 0.6) is 0 Å². The number of aliphatic hydroxyl groups excluding tert-OH is 1. The van der Waals surface area contributed by atoms with Gasteiger partial charge < -0.3 is 21.9 Å². The van der Waals surface area contributed by atoms with Gasteiger partial charge in [0.2, 0.25) is 5.91 Å². The summed E-state index contributed by atoms with van der Waals surface area (Å²) < 4.78 is 0. The van der Waals surface area contributed by atoms with E-state index in [4.69, 9.17) is 5.11 Å². The van der Waals surface area contributed by atoms with Gasteiger partial charge in [0.15, 0.2) is 0 Å². The smallest absolute Gasteiger partial charge is 1.00 e. The fourth-order valence-electron chi connectivity index (χ4n) is 2.65. The summed E-state index contributed by atoms with van der Waals surface area (Å²) in [6.45, 7) is 4.32. The van der Waals surface area contributed by atoms with Crippen molar-refractivity contribution in [3.63, 3.8) is 0 Å². The SMILES string of the molecule is CCCCCCCCCCCC(=O)N(CCNCC(=O)O)C(C)O.[H-].[Na+]. The number of hydrogen-bond acceptors (Lipinski definition) is 4. The zero-order valence-electron chi connectivity index (χ0n) is 17.4. The van der Waals surface area contributed by atoms with E-state index in [1.54, 1.807) is 6.92 Å². The Morgan fingerprint density at radius 1 is 1.04 bits per heavy atom. The van der Waals surface area contributed by atoms with Crippen LogP contribution in [0.4, 0.5) is 0 Å². The zero-order valence-corrected chi connectivity index (χ0v) is 18.4. The van der Waals surface area contributed by atoms with Crippen LogP contribution in [-0.4, -0.2) is 52.9 Å². The van der Waals surface area contributed by atoms with Crippen LogP contribution in [0, 0.1) is 0 Å². The minimum atomic E-state index is -0.931. The number of carbonyl (C=O) groups excluding carboxylic acids is 1. The molecule has 0 aromatic heterocycles. The van der Waals surface area contributed by atoms with E-state index >= 15 is 0 Å². The van der Waals surface area contributed by atoms with Gasteiger partial charge in [-0.15, -0.1) is 0 Å². The molecule has 0 spiro atoms. The van der Waals surface area contributed by atoms with E-state index in [2.05, 4.69) is 12.2 Å². The summed E-state index contributed by atoms with van der Waals surface area (Å²) in [6.07, 6.45) is 10.4. The number of hydrogen-bond donors (Lipinski definition) is 3. The molecule has 0 aliphatic carbocycles. The Morgan fingerprint density at radius 3 is 2.04 bits per heavy atom. The van der Waals surface area contributed by atoms with Gasteiger partial charge >= 0.3 is 35.5 Å². The molecule has 0 aromatic rings. The molecular weight excluding hydrogens is 331 g/mol. The van der Waals surface area contributed by atoms with Gasteiger partial charge in [0, 0.05) is 19.5 Å². The number of carbonyl (C=O) groups is 2. The van der Waals surface area contributed by atoms with E-state index in [0.29, 0.717) is 19.5 Å². The molecule has 0 bridgehead atoms. The summed E-state index contributed by atoms with van der Waals surface area (Å²) in [5.41, 5.74) is 0. The Morgan fingerprint density at radius 2 is 1.56 bits per heavy atom. The fraction of sp³-hybridized carbons (Fsp3) is 0.889. The van der Waals surface area contributed by atoms with Crippen molar-refractivity contribution in [1.82, 2.24) is 10.2 Å². The molecule has 0 fully saturated rings. The number of unbranched alkanes of at least 4 members (excludes halogenated alkanes) is 8. The van der Waals surface area contributed by atoms with Crippen molar-refractivity contribution in [2.45, 2.75) is 84.3 Å². The van der Waals surface area contributed by atoms with Gasteiger partial charge in [0.25, 0.3) is 0 Å². The number of rotatable bonds is 16. The summed E-state index contributed by atoms with van der Waals surface area (Å²) >= 11 is 0. The van der Waals surface area contributed by atoms with E-state index in [1.807, 2.05) is 0 Å². The van der Waals surface area contributed by atoms with E-state index in [1.165, 1.54) is 43.4 Å². The molecule has 3 N–H and O–H groups in total. The van der Waals surface area contributed by atoms with Crippen molar-refractivity contribution in [3.05, 3.63) is 0 Å². The number of amides is 1. The largest absolute Gasteiger partial charge is 1.00 e. The van der Waals surface area contributed by atoms with Crippen LogP contribution in [-0.2, 0) is 9.59 Å². The molecule has 0 saturated carbocycles. The van der Waals surface area contributed by atoms with E-state index < -0.39 is 12.2 Å². The van der Waals surface area contributed by atoms with Crippen molar-refractivity contribution < 1.29 is 50.8 Å². The molecular formula is C18H37N2NaO4. The Labute approximate surface area is 176 Å². The first kappa shape index (κ1) is 27.1. The quantitative estimate of drug-likeness (QED) is 0.201. The number of carboxylic acids is 1. The van der Waals surface area contributed by atoms with Gasteiger partial charge in [-0.1, -0.05) is 58.3 Å². The second-order valence-corrected chi connectivity index (χ2v) is 6.37. The maximum absolute atomic E-state index is 12.1. The van der Waals surface area contributed by atoms with Crippen molar-refractivity contribution in [3.8, 4) is 0 Å². The van der Waals surface area contributed by atoms with Gasteiger partial charge in [-0.2, -0.15) is 0 Å². The summed E-state index contributed by atoms with van der Waals surface area (Å²) in [5.74, 6) is -0.996. The first-order chi connectivity index (χ1) is 11.5. The molecule has 0 radical (unpaired) electrons. The molecule has 1 unspecified atom stereocenters. The minimum absolute atomic E-state index is 0. The van der Waals surface area contributed by atoms with Crippen molar-refractivity contribution in [2.24, 2.45) is 0 Å². The molecule has 7 heteroatoms. The van der Waals surface area contributed by atoms with E-state index in [-0.39, 0.29) is 43.4 Å². The second-order valence-electron chi connectivity index (χ2n) is 6.37. The number of nitrogens with one attached hydrogen (secondary N) is 1. The maximum atomic E-state index is 12.1. The first-order valence-electron chi connectivity index (χ1n) is 9.39. The normalized spacial score (nSPS) is 11.6. The molecule has 0 aliphatic heterocycles. The van der Waals surface area contributed by atoms with Gasteiger partial charge in [-0.25, -0.2) is 0 Å². The second kappa shape index (κ2) is 18.6. The molecule has 0 heterocycles. The summed E-state index contributed by atoms with van der Waals surface area (Å²) in [7, 11) is 0. The van der Waals surface area contributed by atoms with Crippen LogP contribution < -0.4 is 34.9 Å². The molecule has 0 rings (SSSR count). The molecule has 0 aliphatic rings. The predicted octanol–water partition coefficient (Wildman–Crippen LogP) is -0.135. The summed E-state index contributed by atoms with van der Waals surface area (Å²) in [4.78, 5) is 24.0. The third-order valence-electron chi connectivity index (χ3n) is 4.07. The minimum Gasteiger partial charge on any atom is -1.00 e. The van der Waals surface area contributed by atoms with Crippen LogP contribution in [0.1, 0.15) is 79.5 Å². The van der Waals surface area contributed by atoms with Crippen LogP contribution in [0.15, 0.2) is 0 Å². The van der Waals surface area contributed by atoms with Gasteiger partial charge in [-0.05, 0) is 13.3 Å². The van der Waals surface area contributed by atoms with Crippen LogP contribution in [0.2, 0.25) is 0 Å². The molecule has 1 atom stereocenters. The Balaban J connectivity index is -0.00000264. The zero-order chi connectivity index (χ0) is 18.2. The molecule has 144 valence electrons. The topological polar surface area (TPSA) is 89.9 Å². The van der Waals surface area contributed by atoms with Crippen molar-refractivity contribution >= 4 is 11.9 Å². The van der Waals surface area contributed by atoms with Gasteiger partial charge in [0.05, 0.1) is 6.54 Å². The van der Waals surface area contributed by atoms with Crippen LogP contribution in [0.25, 0.3) is 0 Å². The number of carboxylic acid groups (broad SMARTS) is 1. The summed E-state index contributed by atoms with van der Waals surface area (Å²) in [5, 5.41) is 21.0. The average molecular weight is 368 g/mol. The van der Waals surface area contributed by atoms with Crippen LogP contribution in [0.3, 0.4) is 0 Å². The molecule has 1 amide bonds. The fourth-order valence-corrected chi connectivity index (χ4v) is 2.65. The van der Waals surface area contributed by atoms with Crippen molar-refractivity contribution in [2.75, 3.05) is 19.6 Å². The third kappa shape index (κ3) is 17.0. The molecule has 25 heavy (non-hydrogen) atoms. The van der Waals surface area contributed by atoms with Gasteiger partial charge in [-0.3, -0.25) is 9.59 Å². The Hall–Kier alpha value is -0.140. The molecule has 0 aromatic carbocycles. The maximum Gasteiger partial charge on any atom is 1.00 e. The van der Waals surface area contributed by atoms with Gasteiger partial charge in [0.1, 0.15) is 6.23 Å². The summed E-state index contributed by atoms with van der Waals surface area (Å²) in [6, 6.07) is 0. The monoisotopic (exact) mass is 368 g/mol. The van der Waals surface area contributed by atoms with E-state index in [0.717, 1.165) is 19.3 Å². The average Bonchev–Trinajstić information content (AvgIpc) is 2.52. The first-order valence-corrected chi connectivity index (χ1v) is 9.39. The number of aliphatic carboxylic acids is 1. The Kier molecular flexibility index (Phi) is 20.2. The molecule has 6 nitrogen and oxygen atoms in total. The molecule has 0 saturated heterocycles.